The molecule has 1 aromatic heterocycles. The third-order valence-corrected chi connectivity index (χ3v) is 5.95. The van der Waals surface area contributed by atoms with Crippen molar-refractivity contribution in [2.45, 2.75) is 15.6 Å². The minimum atomic E-state index is -0.786. The van der Waals surface area contributed by atoms with Gasteiger partial charge in [0.25, 0.3) is 0 Å². The quantitative estimate of drug-likeness (QED) is 0.545. The maximum atomic E-state index is 13.4. The van der Waals surface area contributed by atoms with Gasteiger partial charge in [0.05, 0.1) is 11.4 Å². The summed E-state index contributed by atoms with van der Waals surface area (Å²) in [7, 11) is 0. The van der Waals surface area contributed by atoms with Crippen LogP contribution >= 0.6 is 34.9 Å². The zero-order valence-corrected chi connectivity index (χ0v) is 15.7. The molecule has 0 saturated carbocycles. The fourth-order valence-corrected chi connectivity index (χ4v) is 4.17. The van der Waals surface area contributed by atoms with Crippen LogP contribution in [0.3, 0.4) is 0 Å². The van der Waals surface area contributed by atoms with Crippen LogP contribution in [0, 0.1) is 5.82 Å². The lowest BCUT2D eigenvalue weighted by atomic mass is 10.3. The average Bonchev–Trinajstić information content (AvgIpc) is 3.01. The summed E-state index contributed by atoms with van der Waals surface area (Å²) in [6, 6.07) is 4.91. The fourth-order valence-electron chi connectivity index (χ4n) is 1.50. The van der Waals surface area contributed by atoms with Crippen molar-refractivity contribution in [3.63, 3.8) is 0 Å². The molecule has 1 heterocycles. The van der Waals surface area contributed by atoms with E-state index in [1.807, 2.05) is 6.92 Å². The van der Waals surface area contributed by atoms with E-state index in [0.717, 1.165) is 15.7 Å². The summed E-state index contributed by atoms with van der Waals surface area (Å²) in [4.78, 5) is 23.5. The van der Waals surface area contributed by atoms with E-state index in [4.69, 9.17) is 0 Å². The van der Waals surface area contributed by atoms with Gasteiger partial charge in [-0.3, -0.25) is 10.1 Å². The van der Waals surface area contributed by atoms with Crippen LogP contribution in [0.2, 0.25) is 0 Å². The Morgan fingerprint density at radius 1 is 1.20 bits per heavy atom. The van der Waals surface area contributed by atoms with Crippen LogP contribution in [0.4, 0.5) is 14.9 Å². The topological polar surface area (TPSA) is 84.0 Å². The van der Waals surface area contributed by atoms with Gasteiger partial charge in [-0.2, -0.15) is 0 Å². The van der Waals surface area contributed by atoms with Gasteiger partial charge in [-0.1, -0.05) is 59.1 Å². The van der Waals surface area contributed by atoms with Crippen LogP contribution in [0.1, 0.15) is 6.92 Å². The number of benzene rings is 1. The van der Waals surface area contributed by atoms with Gasteiger partial charge < -0.3 is 5.32 Å². The highest BCUT2D eigenvalue weighted by atomic mass is 32.2. The molecule has 0 fully saturated rings. The third kappa shape index (κ3) is 6.85. The largest absolute Gasteiger partial charge is 0.325 e. The molecule has 132 valence electrons. The summed E-state index contributed by atoms with van der Waals surface area (Å²) in [5.74, 6) is -0.321. The number of hydrogen-bond acceptors (Lipinski definition) is 7. The van der Waals surface area contributed by atoms with Crippen molar-refractivity contribution in [3.8, 4) is 0 Å². The molecule has 0 spiro atoms. The van der Waals surface area contributed by atoms with Crippen LogP contribution < -0.4 is 10.6 Å². The first-order chi connectivity index (χ1) is 11.9. The zero-order valence-electron chi connectivity index (χ0n) is 13.2. The predicted octanol–water partition coefficient (Wildman–Crippen LogP) is 3.79. The second-order valence-corrected chi connectivity index (χ2v) is 8.27. The van der Waals surface area contributed by atoms with E-state index in [1.165, 1.54) is 53.1 Å². The van der Waals surface area contributed by atoms with E-state index in [-0.39, 0.29) is 11.4 Å². The van der Waals surface area contributed by atoms with Crippen LogP contribution in [-0.2, 0) is 4.79 Å². The molecule has 0 aliphatic carbocycles. The molecule has 0 saturated heterocycles. The molecule has 0 unspecified atom stereocenters. The minimum absolute atomic E-state index is 0.00348. The van der Waals surface area contributed by atoms with Crippen LogP contribution in [-0.4, -0.2) is 33.6 Å². The van der Waals surface area contributed by atoms with Crippen molar-refractivity contribution < 1.29 is 14.0 Å². The zero-order chi connectivity index (χ0) is 18.2. The fraction of sp³-hybridized carbons (Fsp3) is 0.200. The Bertz CT molecular complexity index is 782. The molecule has 2 N–H and O–H groups in total. The highest BCUT2D eigenvalue weighted by molar-refractivity contribution is 8.03. The van der Waals surface area contributed by atoms with Gasteiger partial charge in [-0.25, -0.2) is 9.18 Å². The standard InChI is InChI=1S/C15H15FN4O2S3/c1-9(2)7-23-14-19-20-15(25-14)24-8-12(21)18-13(22)17-11-6-4-3-5-10(11)16/h3-6H,1,7-8H2,2H3,(H2,17,18,21,22). The van der Waals surface area contributed by atoms with E-state index in [2.05, 4.69) is 27.4 Å². The predicted molar refractivity (Wildman–Crippen MR) is 99.7 cm³/mol. The third-order valence-electron chi connectivity index (χ3n) is 2.53. The Morgan fingerprint density at radius 3 is 2.48 bits per heavy atom. The number of carbonyl (C=O) groups is 2. The molecule has 0 radical (unpaired) electrons. The lowest BCUT2D eigenvalue weighted by Crippen LogP contribution is -2.35. The first-order valence-electron chi connectivity index (χ1n) is 7.03. The Kier molecular flexibility index (Phi) is 7.41. The Labute approximate surface area is 156 Å². The lowest BCUT2D eigenvalue weighted by molar-refractivity contribution is -0.117. The van der Waals surface area contributed by atoms with Crippen molar-refractivity contribution in [1.82, 2.24) is 15.5 Å². The Hall–Kier alpha value is -1.91. The van der Waals surface area contributed by atoms with Gasteiger partial charge in [-0.05, 0) is 19.1 Å². The summed E-state index contributed by atoms with van der Waals surface area (Å²) in [6.45, 7) is 5.75. The van der Waals surface area contributed by atoms with Crippen molar-refractivity contribution in [2.75, 3.05) is 16.8 Å². The number of imide groups is 1. The number of nitrogens with zero attached hydrogens (tertiary/aromatic N) is 2. The summed E-state index contributed by atoms with van der Waals surface area (Å²) in [5.41, 5.74) is 1.04. The number of rotatable bonds is 7. The second-order valence-electron chi connectivity index (χ2n) is 4.85. The molecule has 25 heavy (non-hydrogen) atoms. The van der Waals surface area contributed by atoms with Gasteiger partial charge in [0.2, 0.25) is 5.91 Å². The van der Waals surface area contributed by atoms with E-state index in [1.54, 1.807) is 6.07 Å². The Balaban J connectivity index is 1.76. The smallest absolute Gasteiger partial charge is 0.305 e. The van der Waals surface area contributed by atoms with Crippen LogP contribution in [0.25, 0.3) is 0 Å². The number of aromatic nitrogens is 2. The van der Waals surface area contributed by atoms with Crippen molar-refractivity contribution in [3.05, 3.63) is 42.2 Å². The number of amides is 3. The van der Waals surface area contributed by atoms with Gasteiger partial charge in [0.15, 0.2) is 8.68 Å². The average molecular weight is 399 g/mol. The molecule has 2 rings (SSSR count). The number of nitrogens with one attached hydrogen (secondary N) is 2. The molecule has 0 atom stereocenters. The maximum Gasteiger partial charge on any atom is 0.325 e. The molecule has 0 aliphatic heterocycles. The first kappa shape index (κ1) is 19.4. The number of halogens is 1. The van der Waals surface area contributed by atoms with E-state index >= 15 is 0 Å². The van der Waals surface area contributed by atoms with Crippen molar-refractivity contribution in [1.29, 1.82) is 0 Å². The van der Waals surface area contributed by atoms with Crippen molar-refractivity contribution in [2.24, 2.45) is 0 Å². The lowest BCUT2D eigenvalue weighted by Gasteiger charge is -2.06. The number of hydrogen-bond donors (Lipinski definition) is 2. The minimum Gasteiger partial charge on any atom is -0.305 e. The van der Waals surface area contributed by atoms with Gasteiger partial charge in [0.1, 0.15) is 5.82 Å². The Morgan fingerprint density at radius 2 is 1.84 bits per heavy atom. The molecular formula is C15H15FN4O2S3. The molecule has 6 nitrogen and oxygen atoms in total. The monoisotopic (exact) mass is 398 g/mol. The number of thioether (sulfide) groups is 2. The highest BCUT2D eigenvalue weighted by Gasteiger charge is 2.12. The number of carbonyl (C=O) groups excluding carboxylic acids is 2. The van der Waals surface area contributed by atoms with E-state index < -0.39 is 17.8 Å². The van der Waals surface area contributed by atoms with Crippen LogP contribution in [0.5, 0.6) is 0 Å². The molecule has 0 bridgehead atoms. The highest BCUT2D eigenvalue weighted by Crippen LogP contribution is 2.29. The molecule has 1 aromatic carbocycles. The molecule has 10 heteroatoms. The van der Waals surface area contributed by atoms with Gasteiger partial charge in [0, 0.05) is 5.75 Å². The summed E-state index contributed by atoms with van der Waals surface area (Å²) >= 11 is 4.08. The molecule has 3 amide bonds. The molecule has 2 aromatic rings. The van der Waals surface area contributed by atoms with Crippen molar-refractivity contribution >= 4 is 52.5 Å². The summed E-state index contributed by atoms with van der Waals surface area (Å²) < 4.78 is 14.8. The number of para-hydroxylation sites is 1. The van der Waals surface area contributed by atoms with E-state index in [0.29, 0.717) is 4.34 Å². The second kappa shape index (κ2) is 9.54. The normalized spacial score (nSPS) is 10.3. The molecular weight excluding hydrogens is 383 g/mol. The molecule has 0 aliphatic rings. The maximum absolute atomic E-state index is 13.4. The van der Waals surface area contributed by atoms with Gasteiger partial charge in [-0.15, -0.1) is 10.2 Å². The summed E-state index contributed by atoms with van der Waals surface area (Å²) in [5, 5.41) is 12.4. The van der Waals surface area contributed by atoms with Crippen LogP contribution in [0.15, 0.2) is 45.1 Å². The first-order valence-corrected chi connectivity index (χ1v) is 9.81. The number of anilines is 1. The SMILES string of the molecule is C=C(C)CSc1nnc(SCC(=O)NC(=O)Nc2ccccc2F)s1. The van der Waals surface area contributed by atoms with E-state index in [9.17, 15) is 14.0 Å². The summed E-state index contributed by atoms with van der Waals surface area (Å²) in [6.07, 6.45) is 0. The van der Waals surface area contributed by atoms with Gasteiger partial charge >= 0.3 is 6.03 Å². The number of urea groups is 1.